The first-order valence-corrected chi connectivity index (χ1v) is 6.74. The molecule has 0 radical (unpaired) electrons. The lowest BCUT2D eigenvalue weighted by Crippen LogP contribution is -2.53. The highest BCUT2D eigenvalue weighted by Crippen LogP contribution is 2.26. The van der Waals surface area contributed by atoms with Crippen molar-refractivity contribution >= 4 is 11.4 Å². The lowest BCUT2D eigenvalue weighted by atomic mass is 10.0. The molecule has 1 heterocycles. The Kier molecular flexibility index (Phi) is 3.53. The summed E-state index contributed by atoms with van der Waals surface area (Å²) in [5.74, 6) is 0. The van der Waals surface area contributed by atoms with Crippen LogP contribution in [-0.2, 0) is 0 Å². The van der Waals surface area contributed by atoms with Crippen molar-refractivity contribution in [3.8, 4) is 0 Å². The lowest BCUT2D eigenvalue weighted by molar-refractivity contribution is 0.128. The zero-order chi connectivity index (χ0) is 13.3. The molecule has 0 amide bonds. The summed E-state index contributed by atoms with van der Waals surface area (Å²) in [6.07, 6.45) is 0. The summed E-state index contributed by atoms with van der Waals surface area (Å²) in [7, 11) is 0. The van der Waals surface area contributed by atoms with Crippen molar-refractivity contribution in [1.29, 1.82) is 0 Å². The topological polar surface area (TPSA) is 32.5 Å². The van der Waals surface area contributed by atoms with Crippen LogP contribution in [0.2, 0.25) is 0 Å². The molecule has 2 rings (SSSR count). The molecule has 3 nitrogen and oxygen atoms in total. The first-order chi connectivity index (χ1) is 8.39. The maximum absolute atomic E-state index is 5.99. The van der Waals surface area contributed by atoms with Crippen LogP contribution in [0, 0.1) is 6.92 Å². The van der Waals surface area contributed by atoms with Gasteiger partial charge in [0.25, 0.3) is 0 Å². The van der Waals surface area contributed by atoms with E-state index in [1.807, 2.05) is 12.1 Å². The third-order valence-electron chi connectivity index (χ3n) is 3.92. The summed E-state index contributed by atoms with van der Waals surface area (Å²) in [4.78, 5) is 5.00. The number of benzene rings is 1. The van der Waals surface area contributed by atoms with Crippen LogP contribution in [0.5, 0.6) is 0 Å². The fraction of sp³-hybridized carbons (Fsp3) is 0.600. The summed E-state index contributed by atoms with van der Waals surface area (Å²) in [5.41, 5.74) is 9.66. The SMILES string of the molecule is Cc1c(N)cccc1N1CCN(C(C)(C)C)CC1. The van der Waals surface area contributed by atoms with E-state index in [9.17, 15) is 0 Å². The van der Waals surface area contributed by atoms with Gasteiger partial charge < -0.3 is 10.6 Å². The van der Waals surface area contributed by atoms with Crippen molar-refractivity contribution in [2.75, 3.05) is 36.8 Å². The first-order valence-electron chi connectivity index (χ1n) is 6.74. The van der Waals surface area contributed by atoms with Gasteiger partial charge in [0.1, 0.15) is 0 Å². The van der Waals surface area contributed by atoms with Crippen LogP contribution >= 0.6 is 0 Å². The molecule has 3 heteroatoms. The van der Waals surface area contributed by atoms with E-state index in [4.69, 9.17) is 5.73 Å². The standard InChI is InChI=1S/C15H25N3/c1-12-13(16)6-5-7-14(12)17-8-10-18(11-9-17)15(2,3)4/h5-7H,8-11,16H2,1-4H3. The van der Waals surface area contributed by atoms with Crippen LogP contribution in [0.25, 0.3) is 0 Å². The summed E-state index contributed by atoms with van der Waals surface area (Å²) < 4.78 is 0. The first kappa shape index (κ1) is 13.2. The van der Waals surface area contributed by atoms with E-state index in [1.54, 1.807) is 0 Å². The van der Waals surface area contributed by atoms with Gasteiger partial charge in [0.15, 0.2) is 0 Å². The number of piperazine rings is 1. The van der Waals surface area contributed by atoms with Crippen LogP contribution in [0.1, 0.15) is 26.3 Å². The van der Waals surface area contributed by atoms with E-state index in [0.717, 1.165) is 31.9 Å². The fourth-order valence-electron chi connectivity index (χ4n) is 2.60. The molecular formula is C15H25N3. The number of hydrogen-bond donors (Lipinski definition) is 1. The van der Waals surface area contributed by atoms with Gasteiger partial charge in [-0.1, -0.05) is 6.07 Å². The molecule has 1 aliphatic rings. The molecule has 0 saturated carbocycles. The average molecular weight is 247 g/mol. The highest BCUT2D eigenvalue weighted by atomic mass is 15.3. The molecule has 2 N–H and O–H groups in total. The van der Waals surface area contributed by atoms with Crippen LogP contribution < -0.4 is 10.6 Å². The van der Waals surface area contributed by atoms with Crippen LogP contribution in [0.15, 0.2) is 18.2 Å². The van der Waals surface area contributed by atoms with Crippen molar-refractivity contribution in [3.05, 3.63) is 23.8 Å². The molecule has 18 heavy (non-hydrogen) atoms. The Hall–Kier alpha value is -1.22. The predicted molar refractivity (Wildman–Crippen MR) is 79.1 cm³/mol. The summed E-state index contributed by atoms with van der Waals surface area (Å²) in [6.45, 7) is 13.4. The van der Waals surface area contributed by atoms with E-state index >= 15 is 0 Å². The highest BCUT2D eigenvalue weighted by molar-refractivity contribution is 5.64. The average Bonchev–Trinajstić information content (AvgIpc) is 2.32. The molecule has 0 unspecified atom stereocenters. The molecule has 1 aromatic rings. The van der Waals surface area contributed by atoms with Crippen LogP contribution in [0.3, 0.4) is 0 Å². The predicted octanol–water partition coefficient (Wildman–Crippen LogP) is 2.50. The largest absolute Gasteiger partial charge is 0.398 e. The molecular weight excluding hydrogens is 222 g/mol. The summed E-state index contributed by atoms with van der Waals surface area (Å²) in [5, 5.41) is 0. The Morgan fingerprint density at radius 3 is 2.22 bits per heavy atom. The monoisotopic (exact) mass is 247 g/mol. The third-order valence-corrected chi connectivity index (χ3v) is 3.92. The van der Waals surface area contributed by atoms with Gasteiger partial charge in [-0.3, -0.25) is 4.90 Å². The van der Waals surface area contributed by atoms with E-state index in [2.05, 4.69) is 43.6 Å². The van der Waals surface area contributed by atoms with Crippen molar-refractivity contribution in [3.63, 3.8) is 0 Å². The Morgan fingerprint density at radius 1 is 1.06 bits per heavy atom. The lowest BCUT2D eigenvalue weighted by Gasteiger charge is -2.43. The number of anilines is 2. The summed E-state index contributed by atoms with van der Waals surface area (Å²) in [6, 6.07) is 6.20. The second kappa shape index (κ2) is 4.81. The van der Waals surface area contributed by atoms with Gasteiger partial charge in [0.05, 0.1) is 0 Å². The Bertz CT molecular complexity index is 412. The third kappa shape index (κ3) is 2.61. The van der Waals surface area contributed by atoms with Gasteiger partial charge in [0.2, 0.25) is 0 Å². The molecule has 0 atom stereocenters. The number of nitrogen functional groups attached to an aromatic ring is 1. The molecule has 1 fully saturated rings. The number of rotatable bonds is 1. The Morgan fingerprint density at radius 2 is 1.67 bits per heavy atom. The number of nitrogens with zero attached hydrogens (tertiary/aromatic N) is 2. The van der Waals surface area contributed by atoms with Gasteiger partial charge in [0, 0.05) is 43.1 Å². The normalized spacial score (nSPS) is 18.1. The van der Waals surface area contributed by atoms with E-state index in [0.29, 0.717) is 0 Å². The molecule has 0 bridgehead atoms. The molecule has 1 saturated heterocycles. The van der Waals surface area contributed by atoms with Gasteiger partial charge >= 0.3 is 0 Å². The maximum Gasteiger partial charge on any atom is 0.0417 e. The van der Waals surface area contributed by atoms with E-state index in [-0.39, 0.29) is 5.54 Å². The minimum atomic E-state index is 0.275. The van der Waals surface area contributed by atoms with Gasteiger partial charge in [-0.2, -0.15) is 0 Å². The van der Waals surface area contributed by atoms with E-state index < -0.39 is 0 Å². The maximum atomic E-state index is 5.99. The molecule has 1 aliphatic heterocycles. The molecule has 0 spiro atoms. The van der Waals surface area contributed by atoms with Gasteiger partial charge in [-0.25, -0.2) is 0 Å². The highest BCUT2D eigenvalue weighted by Gasteiger charge is 2.26. The van der Waals surface area contributed by atoms with Crippen molar-refractivity contribution in [2.45, 2.75) is 33.2 Å². The zero-order valence-electron chi connectivity index (χ0n) is 12.0. The van der Waals surface area contributed by atoms with E-state index in [1.165, 1.54) is 11.3 Å². The minimum absolute atomic E-state index is 0.275. The Labute approximate surface area is 111 Å². The van der Waals surface area contributed by atoms with Gasteiger partial charge in [-0.15, -0.1) is 0 Å². The van der Waals surface area contributed by atoms with Crippen LogP contribution in [-0.4, -0.2) is 36.6 Å². The quantitative estimate of drug-likeness (QED) is 0.774. The molecule has 1 aromatic carbocycles. The zero-order valence-corrected chi connectivity index (χ0v) is 12.0. The molecule has 0 aliphatic carbocycles. The molecule has 0 aromatic heterocycles. The molecule has 100 valence electrons. The second-order valence-corrected chi connectivity index (χ2v) is 6.14. The summed E-state index contributed by atoms with van der Waals surface area (Å²) >= 11 is 0. The van der Waals surface area contributed by atoms with Crippen LogP contribution in [0.4, 0.5) is 11.4 Å². The van der Waals surface area contributed by atoms with Crippen molar-refractivity contribution in [1.82, 2.24) is 4.90 Å². The minimum Gasteiger partial charge on any atom is -0.398 e. The van der Waals surface area contributed by atoms with Crippen molar-refractivity contribution in [2.24, 2.45) is 0 Å². The fourth-order valence-corrected chi connectivity index (χ4v) is 2.60. The van der Waals surface area contributed by atoms with Crippen molar-refractivity contribution < 1.29 is 0 Å². The second-order valence-electron chi connectivity index (χ2n) is 6.14. The smallest absolute Gasteiger partial charge is 0.0417 e. The Balaban J connectivity index is 2.08. The van der Waals surface area contributed by atoms with Gasteiger partial charge in [-0.05, 0) is 45.4 Å². The number of nitrogens with two attached hydrogens (primary N) is 1. The number of hydrogen-bond acceptors (Lipinski definition) is 3.